The first-order chi connectivity index (χ1) is 9.33. The van der Waals surface area contributed by atoms with Gasteiger partial charge in [-0.25, -0.2) is 0 Å². The highest BCUT2D eigenvalue weighted by Gasteiger charge is 2.37. The largest absolute Gasteiger partial charge is 0.297 e. The fourth-order valence-corrected chi connectivity index (χ4v) is 3.22. The van der Waals surface area contributed by atoms with Crippen LogP contribution in [0.3, 0.4) is 0 Å². The van der Waals surface area contributed by atoms with Crippen molar-refractivity contribution in [3.63, 3.8) is 0 Å². The number of halogens is 1. The molecular formula is C15H26ClN3O. The van der Waals surface area contributed by atoms with Crippen molar-refractivity contribution in [1.29, 1.82) is 0 Å². The lowest BCUT2D eigenvalue weighted by Crippen LogP contribution is -2.51. The van der Waals surface area contributed by atoms with Crippen LogP contribution in [0.4, 0.5) is 0 Å². The summed E-state index contributed by atoms with van der Waals surface area (Å²) in [5.41, 5.74) is 1.27. The third-order valence-corrected chi connectivity index (χ3v) is 4.81. The van der Waals surface area contributed by atoms with E-state index in [-0.39, 0.29) is 5.78 Å². The van der Waals surface area contributed by atoms with Gasteiger partial charge in [-0.05, 0) is 33.4 Å². The second-order valence-electron chi connectivity index (χ2n) is 5.42. The van der Waals surface area contributed by atoms with Gasteiger partial charge in [-0.3, -0.25) is 14.4 Å². The van der Waals surface area contributed by atoms with Crippen LogP contribution in [0, 0.1) is 0 Å². The molecule has 0 aliphatic heterocycles. The minimum absolute atomic E-state index is 0.208. The summed E-state index contributed by atoms with van der Waals surface area (Å²) in [6, 6.07) is 0. The average molecular weight is 300 g/mol. The zero-order chi connectivity index (χ0) is 15.5. The molecule has 0 aliphatic rings. The molecule has 0 amide bonds. The molecule has 0 aromatic carbocycles. The Labute approximate surface area is 127 Å². The maximum atomic E-state index is 12.8. The van der Waals surface area contributed by atoms with Crippen LogP contribution in [0.15, 0.2) is 0 Å². The van der Waals surface area contributed by atoms with Crippen LogP contribution in [-0.2, 0) is 24.7 Å². The molecule has 0 bridgehead atoms. The first-order valence-electron chi connectivity index (χ1n) is 7.24. The summed E-state index contributed by atoms with van der Waals surface area (Å²) in [6.07, 6.45) is 2.71. The predicted octanol–water partition coefficient (Wildman–Crippen LogP) is 2.87. The Kier molecular flexibility index (Phi) is 5.78. The van der Waals surface area contributed by atoms with E-state index in [4.69, 9.17) is 11.6 Å². The maximum absolute atomic E-state index is 12.8. The van der Waals surface area contributed by atoms with Gasteiger partial charge in [-0.2, -0.15) is 5.10 Å². The Morgan fingerprint density at radius 1 is 1.30 bits per heavy atom. The molecule has 0 saturated carbocycles. The monoisotopic (exact) mass is 299 g/mol. The average Bonchev–Trinajstić information content (AvgIpc) is 2.68. The van der Waals surface area contributed by atoms with Gasteiger partial charge < -0.3 is 0 Å². The van der Waals surface area contributed by atoms with E-state index in [1.807, 2.05) is 33.0 Å². The van der Waals surface area contributed by atoms with Crippen LogP contribution in [0.25, 0.3) is 0 Å². The molecule has 1 aromatic rings. The molecule has 0 N–H and O–H groups in total. The molecule has 1 rings (SSSR count). The first-order valence-corrected chi connectivity index (χ1v) is 7.62. The highest BCUT2D eigenvalue weighted by molar-refractivity contribution is 6.32. The van der Waals surface area contributed by atoms with E-state index >= 15 is 0 Å². The van der Waals surface area contributed by atoms with E-state index < -0.39 is 5.54 Å². The molecule has 0 aliphatic carbocycles. The quantitative estimate of drug-likeness (QED) is 0.777. The molecule has 4 nitrogen and oxygen atoms in total. The number of carbonyl (C=O) groups is 1. The van der Waals surface area contributed by atoms with Crippen molar-refractivity contribution in [2.24, 2.45) is 7.05 Å². The van der Waals surface area contributed by atoms with Crippen LogP contribution in [0.5, 0.6) is 0 Å². The van der Waals surface area contributed by atoms with Crippen LogP contribution in [-0.4, -0.2) is 40.1 Å². The van der Waals surface area contributed by atoms with Crippen molar-refractivity contribution in [2.75, 3.05) is 14.1 Å². The number of Topliss-reactive ketones (excluding diaryl/α,β-unsaturated/α-hetero) is 1. The lowest BCUT2D eigenvalue weighted by atomic mass is 9.84. The van der Waals surface area contributed by atoms with Gasteiger partial charge in [0.1, 0.15) is 0 Å². The van der Waals surface area contributed by atoms with Gasteiger partial charge in [0.2, 0.25) is 0 Å². The number of aromatic nitrogens is 2. The number of rotatable bonds is 7. The van der Waals surface area contributed by atoms with Crippen molar-refractivity contribution in [3.8, 4) is 0 Å². The Balaban J connectivity index is 3.09. The van der Waals surface area contributed by atoms with Gasteiger partial charge in [0.15, 0.2) is 5.78 Å². The number of hydrogen-bond acceptors (Lipinski definition) is 3. The summed E-state index contributed by atoms with van der Waals surface area (Å²) < 4.78 is 1.74. The highest BCUT2D eigenvalue weighted by atomic mass is 35.5. The molecule has 0 saturated heterocycles. The second kappa shape index (κ2) is 6.72. The number of carbonyl (C=O) groups excluding carboxylic acids is 1. The number of hydrogen-bond donors (Lipinski definition) is 0. The van der Waals surface area contributed by atoms with Gasteiger partial charge in [-0.15, -0.1) is 0 Å². The summed E-state index contributed by atoms with van der Waals surface area (Å²) in [6.45, 7) is 6.13. The summed E-state index contributed by atoms with van der Waals surface area (Å²) in [5.74, 6) is 0.208. The topological polar surface area (TPSA) is 38.1 Å². The van der Waals surface area contributed by atoms with Gasteiger partial charge in [0.05, 0.1) is 28.4 Å². The number of ketones is 1. The van der Waals surface area contributed by atoms with E-state index in [1.165, 1.54) is 0 Å². The number of nitrogens with zero attached hydrogens (tertiary/aromatic N) is 3. The third kappa shape index (κ3) is 2.91. The lowest BCUT2D eigenvalue weighted by molar-refractivity contribution is -0.129. The lowest BCUT2D eigenvalue weighted by Gasteiger charge is -2.37. The number of aryl methyl sites for hydroxylation is 2. The van der Waals surface area contributed by atoms with Crippen LogP contribution >= 0.6 is 11.6 Å². The summed E-state index contributed by atoms with van der Waals surface area (Å²) in [4.78, 5) is 14.8. The molecule has 0 unspecified atom stereocenters. The minimum atomic E-state index is -0.417. The van der Waals surface area contributed by atoms with Crippen molar-refractivity contribution in [2.45, 2.75) is 52.0 Å². The Morgan fingerprint density at radius 3 is 2.20 bits per heavy atom. The van der Waals surface area contributed by atoms with Crippen molar-refractivity contribution >= 4 is 17.4 Å². The van der Waals surface area contributed by atoms with Crippen LogP contribution < -0.4 is 0 Å². The minimum Gasteiger partial charge on any atom is -0.297 e. The normalized spacial score (nSPS) is 12.2. The molecular weight excluding hydrogens is 274 g/mol. The van der Waals surface area contributed by atoms with E-state index in [0.29, 0.717) is 11.4 Å². The van der Waals surface area contributed by atoms with Gasteiger partial charge in [-0.1, -0.05) is 32.4 Å². The van der Waals surface area contributed by atoms with Crippen molar-refractivity contribution in [3.05, 3.63) is 16.4 Å². The van der Waals surface area contributed by atoms with Gasteiger partial charge in [0.25, 0.3) is 0 Å². The molecule has 0 spiro atoms. The summed E-state index contributed by atoms with van der Waals surface area (Å²) >= 11 is 6.34. The highest BCUT2D eigenvalue weighted by Crippen LogP contribution is 2.27. The molecule has 1 heterocycles. The molecule has 5 heteroatoms. The smallest absolute Gasteiger partial charge is 0.159 e. The molecule has 114 valence electrons. The van der Waals surface area contributed by atoms with Gasteiger partial charge >= 0.3 is 0 Å². The van der Waals surface area contributed by atoms with Crippen molar-refractivity contribution in [1.82, 2.24) is 14.7 Å². The zero-order valence-electron chi connectivity index (χ0n) is 13.5. The summed E-state index contributed by atoms with van der Waals surface area (Å²) in [7, 11) is 5.78. The maximum Gasteiger partial charge on any atom is 0.159 e. The molecule has 0 radical (unpaired) electrons. The van der Waals surface area contributed by atoms with Crippen LogP contribution in [0.2, 0.25) is 5.02 Å². The molecule has 1 aromatic heterocycles. The standard InChI is InChI=1S/C15H26ClN3O/c1-7-11-14(16)12(19(6)17-11)10-13(20)15(8-2,9-3)18(4)5/h7-10H2,1-6H3. The fourth-order valence-electron chi connectivity index (χ4n) is 2.85. The zero-order valence-corrected chi connectivity index (χ0v) is 14.2. The predicted molar refractivity (Wildman–Crippen MR) is 83.3 cm³/mol. The third-order valence-electron chi connectivity index (χ3n) is 4.38. The van der Waals surface area contributed by atoms with E-state index in [9.17, 15) is 4.79 Å². The second-order valence-corrected chi connectivity index (χ2v) is 5.80. The Morgan fingerprint density at radius 2 is 1.85 bits per heavy atom. The molecule has 0 fully saturated rings. The Hall–Kier alpha value is -0.870. The van der Waals surface area contributed by atoms with Crippen molar-refractivity contribution < 1.29 is 4.79 Å². The number of likely N-dealkylation sites (N-methyl/N-ethyl adjacent to an activating group) is 1. The fraction of sp³-hybridized carbons (Fsp3) is 0.733. The first kappa shape index (κ1) is 17.2. The van der Waals surface area contributed by atoms with E-state index in [2.05, 4.69) is 18.9 Å². The van der Waals surface area contributed by atoms with Gasteiger partial charge in [0, 0.05) is 7.05 Å². The van der Waals surface area contributed by atoms with E-state index in [0.717, 1.165) is 30.7 Å². The SMILES string of the molecule is CCc1nn(C)c(CC(=O)C(CC)(CC)N(C)C)c1Cl. The molecule has 20 heavy (non-hydrogen) atoms. The Bertz CT molecular complexity index is 476. The molecule has 0 atom stereocenters. The summed E-state index contributed by atoms with van der Waals surface area (Å²) in [5, 5.41) is 5.02. The van der Waals surface area contributed by atoms with E-state index in [1.54, 1.807) is 4.68 Å². The van der Waals surface area contributed by atoms with Crippen LogP contribution in [0.1, 0.15) is 45.0 Å².